The number of hydrogen-bond acceptors (Lipinski definition) is 5. The van der Waals surface area contributed by atoms with Gasteiger partial charge in [0.1, 0.15) is 0 Å². The van der Waals surface area contributed by atoms with Crippen LogP contribution in [0.15, 0.2) is 29.4 Å². The van der Waals surface area contributed by atoms with Gasteiger partial charge in [-0.3, -0.25) is 4.99 Å². The summed E-state index contributed by atoms with van der Waals surface area (Å²) in [7, 11) is 1.77. The summed E-state index contributed by atoms with van der Waals surface area (Å²) in [4.78, 5) is 14.5. The zero-order valence-electron chi connectivity index (χ0n) is 16.4. The maximum atomic E-state index is 4.53. The number of aliphatic imine (C=N–C) groups is 1. The van der Waals surface area contributed by atoms with Crippen molar-refractivity contribution in [1.29, 1.82) is 0 Å². The monoisotopic (exact) mass is 383 g/mol. The van der Waals surface area contributed by atoms with E-state index in [1.54, 1.807) is 18.4 Å². The molecule has 27 heavy (non-hydrogen) atoms. The van der Waals surface area contributed by atoms with Crippen LogP contribution in [0.1, 0.15) is 32.5 Å². The maximum absolute atomic E-state index is 4.53. The highest BCUT2D eigenvalue weighted by Gasteiger charge is 2.07. The molecule has 3 aromatic heterocycles. The van der Waals surface area contributed by atoms with E-state index < -0.39 is 0 Å². The lowest BCUT2D eigenvalue weighted by atomic mass is 10.3. The summed E-state index contributed by atoms with van der Waals surface area (Å²) in [5, 5.41) is 12.2. The van der Waals surface area contributed by atoms with E-state index in [0.29, 0.717) is 13.1 Å². The van der Waals surface area contributed by atoms with E-state index in [1.165, 1.54) is 4.88 Å². The molecule has 2 N–H and O–H groups in total. The molecule has 0 bridgehead atoms. The lowest BCUT2D eigenvalue weighted by molar-refractivity contribution is 0.791. The largest absolute Gasteiger partial charge is 0.352 e. The second-order valence-electron chi connectivity index (χ2n) is 6.38. The minimum Gasteiger partial charge on any atom is -0.352 e. The van der Waals surface area contributed by atoms with Crippen LogP contribution in [-0.4, -0.2) is 32.8 Å². The molecule has 0 fully saturated rings. The van der Waals surface area contributed by atoms with Gasteiger partial charge in [-0.1, -0.05) is 6.07 Å². The fraction of sp³-hybridized carbons (Fsp3) is 0.368. The summed E-state index contributed by atoms with van der Waals surface area (Å²) in [5.74, 6) is 1.57. The van der Waals surface area contributed by atoms with E-state index in [4.69, 9.17) is 0 Å². The van der Waals surface area contributed by atoms with Gasteiger partial charge < -0.3 is 10.6 Å². The van der Waals surface area contributed by atoms with Crippen LogP contribution >= 0.6 is 11.3 Å². The van der Waals surface area contributed by atoms with Crippen LogP contribution in [0.3, 0.4) is 0 Å². The van der Waals surface area contributed by atoms with Gasteiger partial charge in [-0.15, -0.1) is 11.3 Å². The molecule has 0 aliphatic heterocycles. The van der Waals surface area contributed by atoms with E-state index in [2.05, 4.69) is 36.8 Å². The third-order valence-corrected chi connectivity index (χ3v) is 5.21. The average Bonchev–Trinajstić information content (AvgIpc) is 3.15. The summed E-state index contributed by atoms with van der Waals surface area (Å²) < 4.78 is 1.85. The highest BCUT2D eigenvalue weighted by atomic mass is 32.1. The minimum atomic E-state index is 0.644. The molecule has 3 aromatic rings. The highest BCUT2D eigenvalue weighted by Crippen LogP contribution is 2.16. The molecule has 0 radical (unpaired) electrons. The number of thiazole rings is 1. The fourth-order valence-corrected chi connectivity index (χ4v) is 3.69. The summed E-state index contributed by atoms with van der Waals surface area (Å²) in [6, 6.07) is 6.07. The smallest absolute Gasteiger partial charge is 0.191 e. The topological polar surface area (TPSA) is 80.0 Å². The van der Waals surface area contributed by atoms with Crippen molar-refractivity contribution >= 4 is 17.3 Å². The Kier molecular flexibility index (Phi) is 5.85. The van der Waals surface area contributed by atoms with E-state index in [0.717, 1.165) is 39.4 Å². The molecule has 3 rings (SSSR count). The lowest BCUT2D eigenvalue weighted by Gasteiger charge is -2.12. The number of aryl methyl sites for hydroxylation is 4. The van der Waals surface area contributed by atoms with Gasteiger partial charge in [-0.05, 0) is 45.4 Å². The van der Waals surface area contributed by atoms with Gasteiger partial charge in [0.25, 0.3) is 0 Å². The van der Waals surface area contributed by atoms with Crippen LogP contribution in [0.5, 0.6) is 0 Å². The zero-order chi connectivity index (χ0) is 19.4. The second kappa shape index (κ2) is 8.30. The summed E-state index contributed by atoms with van der Waals surface area (Å²) >= 11 is 1.71. The number of rotatable bonds is 5. The molecule has 0 aliphatic carbocycles. The van der Waals surface area contributed by atoms with E-state index in [1.807, 2.05) is 50.7 Å². The third-order valence-electron chi connectivity index (χ3n) is 4.14. The molecule has 0 saturated carbocycles. The van der Waals surface area contributed by atoms with Crippen LogP contribution < -0.4 is 10.6 Å². The van der Waals surface area contributed by atoms with Crippen LogP contribution in [0, 0.1) is 27.7 Å². The van der Waals surface area contributed by atoms with Gasteiger partial charge in [0.05, 0.1) is 22.9 Å². The molecular formula is C19H25N7S. The number of guanidine groups is 1. The summed E-state index contributed by atoms with van der Waals surface area (Å²) in [6.07, 6.45) is 1.86. The van der Waals surface area contributed by atoms with Gasteiger partial charge in [-0.2, -0.15) is 5.10 Å². The third kappa shape index (κ3) is 4.71. The van der Waals surface area contributed by atoms with Crippen LogP contribution in [-0.2, 0) is 13.1 Å². The Morgan fingerprint density at radius 2 is 1.93 bits per heavy atom. The van der Waals surface area contributed by atoms with Crippen molar-refractivity contribution in [3.8, 4) is 5.82 Å². The molecule has 0 amide bonds. The van der Waals surface area contributed by atoms with Crippen molar-refractivity contribution in [1.82, 2.24) is 30.4 Å². The fourth-order valence-electron chi connectivity index (χ4n) is 2.82. The predicted molar refractivity (Wildman–Crippen MR) is 109 cm³/mol. The normalized spacial score (nSPS) is 11.7. The molecule has 7 nitrogen and oxygen atoms in total. The van der Waals surface area contributed by atoms with Gasteiger partial charge in [-0.25, -0.2) is 14.6 Å². The van der Waals surface area contributed by atoms with E-state index in [-0.39, 0.29) is 0 Å². The first-order chi connectivity index (χ1) is 13.0. The van der Waals surface area contributed by atoms with Crippen molar-refractivity contribution in [3.05, 3.63) is 56.9 Å². The standard InChI is InChI=1S/C19H25N7S/c1-12-8-13(2)26(25-12)18-7-6-16(9-21-18)10-22-19(20-5)23-11-17-14(3)24-15(4)27-17/h6-9H,10-11H2,1-5H3,(H2,20,22,23). The summed E-state index contributed by atoms with van der Waals surface area (Å²) in [6.45, 7) is 9.43. The quantitative estimate of drug-likeness (QED) is 0.523. The van der Waals surface area contributed by atoms with Crippen LogP contribution in [0.2, 0.25) is 0 Å². The SMILES string of the molecule is CN=C(NCc1ccc(-n2nc(C)cc2C)nc1)NCc1sc(C)nc1C. The molecule has 0 spiro atoms. The molecule has 0 aliphatic rings. The number of pyridine rings is 1. The highest BCUT2D eigenvalue weighted by molar-refractivity contribution is 7.11. The molecule has 3 heterocycles. The number of nitrogens with zero attached hydrogens (tertiary/aromatic N) is 5. The summed E-state index contributed by atoms with van der Waals surface area (Å²) in [5.41, 5.74) is 4.21. The first-order valence-corrected chi connectivity index (χ1v) is 9.64. The Morgan fingerprint density at radius 1 is 1.15 bits per heavy atom. The van der Waals surface area contributed by atoms with Crippen LogP contribution in [0.4, 0.5) is 0 Å². The Balaban J connectivity index is 1.57. The lowest BCUT2D eigenvalue weighted by Crippen LogP contribution is -2.36. The van der Waals surface area contributed by atoms with Crippen molar-refractivity contribution in [3.63, 3.8) is 0 Å². The number of aromatic nitrogens is 4. The Morgan fingerprint density at radius 3 is 2.48 bits per heavy atom. The van der Waals surface area contributed by atoms with Gasteiger partial charge in [0.15, 0.2) is 11.8 Å². The van der Waals surface area contributed by atoms with Crippen molar-refractivity contribution < 1.29 is 0 Å². The number of nitrogens with one attached hydrogen (secondary N) is 2. The van der Waals surface area contributed by atoms with Crippen LogP contribution in [0.25, 0.3) is 5.82 Å². The average molecular weight is 384 g/mol. The minimum absolute atomic E-state index is 0.644. The molecule has 0 atom stereocenters. The molecule has 0 unspecified atom stereocenters. The maximum Gasteiger partial charge on any atom is 0.191 e. The molecule has 142 valence electrons. The second-order valence-corrected chi connectivity index (χ2v) is 7.67. The Bertz CT molecular complexity index is 938. The Labute approximate surface area is 163 Å². The molecule has 0 saturated heterocycles. The van der Waals surface area contributed by atoms with Crippen molar-refractivity contribution in [2.75, 3.05) is 7.05 Å². The van der Waals surface area contributed by atoms with Gasteiger partial charge in [0.2, 0.25) is 0 Å². The molecule has 8 heteroatoms. The van der Waals surface area contributed by atoms with Gasteiger partial charge in [0, 0.05) is 30.4 Å². The van der Waals surface area contributed by atoms with Gasteiger partial charge >= 0.3 is 0 Å². The van der Waals surface area contributed by atoms with Crippen molar-refractivity contribution in [2.45, 2.75) is 40.8 Å². The van der Waals surface area contributed by atoms with Crippen molar-refractivity contribution in [2.24, 2.45) is 4.99 Å². The first kappa shape index (κ1) is 19.0. The molecular weight excluding hydrogens is 358 g/mol. The zero-order valence-corrected chi connectivity index (χ0v) is 17.2. The Hall–Kier alpha value is -2.74. The number of hydrogen-bond donors (Lipinski definition) is 2. The van der Waals surface area contributed by atoms with E-state index >= 15 is 0 Å². The van der Waals surface area contributed by atoms with E-state index in [9.17, 15) is 0 Å². The molecule has 0 aromatic carbocycles. The predicted octanol–water partition coefficient (Wildman–Crippen LogP) is 2.82. The first-order valence-electron chi connectivity index (χ1n) is 8.82.